The monoisotopic (exact) mass is 278 g/mol. The molecule has 0 aromatic carbocycles. The molecule has 2 rings (SSSR count). The summed E-state index contributed by atoms with van der Waals surface area (Å²) in [5.41, 5.74) is 0.459. The molecule has 20 heavy (non-hydrogen) atoms. The Kier molecular flexibility index (Phi) is 4.52. The first-order valence-corrected chi connectivity index (χ1v) is 6.43. The lowest BCUT2D eigenvalue weighted by Gasteiger charge is -2.08. The van der Waals surface area contributed by atoms with Crippen LogP contribution in [0.25, 0.3) is 0 Å². The van der Waals surface area contributed by atoms with Gasteiger partial charge in [0.15, 0.2) is 5.82 Å². The Morgan fingerprint density at radius 1 is 1.45 bits per heavy atom. The van der Waals surface area contributed by atoms with E-state index < -0.39 is 0 Å². The molecule has 0 saturated carbocycles. The lowest BCUT2D eigenvalue weighted by atomic mass is 10.2. The van der Waals surface area contributed by atoms with Gasteiger partial charge in [0.05, 0.1) is 11.8 Å². The van der Waals surface area contributed by atoms with E-state index in [1.807, 2.05) is 14.0 Å². The molecule has 2 heterocycles. The largest absolute Gasteiger partial charge is 0.472 e. The molecule has 0 bridgehead atoms. The first-order valence-electron chi connectivity index (χ1n) is 6.43. The van der Waals surface area contributed by atoms with E-state index in [1.165, 1.54) is 12.5 Å². The van der Waals surface area contributed by atoms with Crippen LogP contribution in [0.5, 0.6) is 0 Å². The summed E-state index contributed by atoms with van der Waals surface area (Å²) in [4.78, 5) is 16.1. The Bertz CT molecular complexity index is 550. The Hall–Kier alpha value is -2.15. The van der Waals surface area contributed by atoms with Crippen molar-refractivity contribution in [1.29, 1.82) is 0 Å². The van der Waals surface area contributed by atoms with Gasteiger partial charge in [-0.05, 0) is 27.0 Å². The molecule has 108 valence electrons. The first kappa shape index (κ1) is 14.3. The van der Waals surface area contributed by atoms with E-state index in [2.05, 4.69) is 20.8 Å². The summed E-state index contributed by atoms with van der Waals surface area (Å²) in [6, 6.07) is 1.50. The van der Waals surface area contributed by atoms with Gasteiger partial charge < -0.3 is 19.6 Å². The van der Waals surface area contributed by atoms with Crippen molar-refractivity contribution in [1.82, 2.24) is 20.8 Å². The van der Waals surface area contributed by atoms with Crippen molar-refractivity contribution >= 4 is 5.91 Å². The van der Waals surface area contributed by atoms with Crippen LogP contribution >= 0.6 is 0 Å². The molecule has 0 aliphatic carbocycles. The van der Waals surface area contributed by atoms with Crippen molar-refractivity contribution < 1.29 is 13.7 Å². The first-order chi connectivity index (χ1) is 9.60. The number of nitrogens with one attached hydrogen (secondary N) is 2. The number of hydrogen-bond donors (Lipinski definition) is 2. The third-order valence-corrected chi connectivity index (χ3v) is 2.97. The van der Waals surface area contributed by atoms with Crippen molar-refractivity contribution in [2.75, 3.05) is 7.05 Å². The molecular formula is C13H18N4O3. The van der Waals surface area contributed by atoms with Gasteiger partial charge in [0.2, 0.25) is 5.89 Å². The normalized spacial score (nSPS) is 13.9. The van der Waals surface area contributed by atoms with Crippen LogP contribution in [0.1, 0.15) is 42.0 Å². The molecule has 7 heteroatoms. The summed E-state index contributed by atoms with van der Waals surface area (Å²) < 4.78 is 10.0. The average molecular weight is 278 g/mol. The fourth-order valence-corrected chi connectivity index (χ4v) is 1.64. The molecule has 0 aliphatic heterocycles. The quantitative estimate of drug-likeness (QED) is 0.827. The van der Waals surface area contributed by atoms with Gasteiger partial charge in [-0.1, -0.05) is 5.16 Å². The molecule has 2 aromatic heterocycles. The molecule has 2 atom stereocenters. The third kappa shape index (κ3) is 3.45. The van der Waals surface area contributed by atoms with Gasteiger partial charge in [0.25, 0.3) is 5.91 Å². The number of hydrogen-bond acceptors (Lipinski definition) is 6. The van der Waals surface area contributed by atoms with Gasteiger partial charge in [-0.15, -0.1) is 0 Å². The smallest absolute Gasteiger partial charge is 0.255 e. The van der Waals surface area contributed by atoms with Gasteiger partial charge in [-0.2, -0.15) is 4.98 Å². The van der Waals surface area contributed by atoms with Crippen molar-refractivity contribution in [2.24, 2.45) is 0 Å². The van der Waals surface area contributed by atoms with Crippen LogP contribution in [-0.2, 0) is 6.42 Å². The van der Waals surface area contributed by atoms with E-state index in [-0.39, 0.29) is 18.0 Å². The van der Waals surface area contributed by atoms with E-state index in [4.69, 9.17) is 8.94 Å². The van der Waals surface area contributed by atoms with Crippen LogP contribution in [0.4, 0.5) is 0 Å². The molecule has 2 N–H and O–H groups in total. The number of aromatic nitrogens is 2. The van der Waals surface area contributed by atoms with E-state index in [1.54, 1.807) is 13.0 Å². The number of amides is 1. The highest BCUT2D eigenvalue weighted by molar-refractivity contribution is 5.93. The van der Waals surface area contributed by atoms with Crippen LogP contribution in [0.2, 0.25) is 0 Å². The summed E-state index contributed by atoms with van der Waals surface area (Å²) >= 11 is 0. The predicted molar refractivity (Wildman–Crippen MR) is 71.1 cm³/mol. The van der Waals surface area contributed by atoms with Crippen LogP contribution in [0.3, 0.4) is 0 Å². The fraction of sp³-hybridized carbons (Fsp3) is 0.462. The van der Waals surface area contributed by atoms with Crippen molar-refractivity contribution in [2.45, 2.75) is 32.4 Å². The molecule has 7 nitrogen and oxygen atoms in total. The maximum Gasteiger partial charge on any atom is 0.255 e. The standard InChI is InChI=1S/C13H18N4O3/c1-8(14-3)6-11-16-13(20-17-11)9(2)15-12(18)10-4-5-19-7-10/h4-5,7-9,14H,6H2,1-3H3,(H,15,18). The zero-order chi connectivity index (χ0) is 14.5. The predicted octanol–water partition coefficient (Wildman–Crippen LogP) is 1.30. The highest BCUT2D eigenvalue weighted by Gasteiger charge is 2.18. The van der Waals surface area contributed by atoms with Gasteiger partial charge in [-0.3, -0.25) is 4.79 Å². The van der Waals surface area contributed by atoms with Gasteiger partial charge >= 0.3 is 0 Å². The molecule has 0 spiro atoms. The van der Waals surface area contributed by atoms with Gasteiger partial charge in [0.1, 0.15) is 12.3 Å². The lowest BCUT2D eigenvalue weighted by molar-refractivity contribution is 0.0932. The maximum atomic E-state index is 11.8. The summed E-state index contributed by atoms with van der Waals surface area (Å²) in [6.07, 6.45) is 3.50. The minimum Gasteiger partial charge on any atom is -0.472 e. The van der Waals surface area contributed by atoms with Crippen LogP contribution in [0, 0.1) is 0 Å². The Morgan fingerprint density at radius 3 is 2.90 bits per heavy atom. The number of carbonyl (C=O) groups is 1. The fourth-order valence-electron chi connectivity index (χ4n) is 1.64. The van der Waals surface area contributed by atoms with Gasteiger partial charge in [-0.25, -0.2) is 0 Å². The highest BCUT2D eigenvalue weighted by Crippen LogP contribution is 2.12. The lowest BCUT2D eigenvalue weighted by Crippen LogP contribution is -2.26. The third-order valence-electron chi connectivity index (χ3n) is 2.97. The van der Waals surface area contributed by atoms with Crippen molar-refractivity contribution in [3.63, 3.8) is 0 Å². The second-order valence-corrected chi connectivity index (χ2v) is 4.65. The molecule has 0 aliphatic rings. The Balaban J connectivity index is 1.96. The minimum atomic E-state index is -0.358. The molecular weight excluding hydrogens is 260 g/mol. The maximum absolute atomic E-state index is 11.8. The zero-order valence-electron chi connectivity index (χ0n) is 11.7. The number of rotatable bonds is 6. The second-order valence-electron chi connectivity index (χ2n) is 4.65. The molecule has 2 unspecified atom stereocenters. The van der Waals surface area contributed by atoms with Crippen LogP contribution in [-0.4, -0.2) is 29.1 Å². The van der Waals surface area contributed by atoms with Crippen LogP contribution < -0.4 is 10.6 Å². The van der Waals surface area contributed by atoms with Crippen molar-refractivity contribution in [3.8, 4) is 0 Å². The summed E-state index contributed by atoms with van der Waals surface area (Å²) in [7, 11) is 1.87. The molecule has 1 amide bonds. The summed E-state index contributed by atoms with van der Waals surface area (Å²) in [6.45, 7) is 3.82. The SMILES string of the molecule is CNC(C)Cc1noc(C(C)NC(=O)c2ccoc2)n1. The summed E-state index contributed by atoms with van der Waals surface area (Å²) in [5, 5.41) is 9.77. The second kappa shape index (κ2) is 6.33. The topological polar surface area (TPSA) is 93.2 Å². The van der Waals surface area contributed by atoms with E-state index in [0.717, 1.165) is 0 Å². The minimum absolute atomic E-state index is 0.241. The Morgan fingerprint density at radius 2 is 2.25 bits per heavy atom. The number of nitrogens with zero attached hydrogens (tertiary/aromatic N) is 2. The Labute approximate surface area is 116 Å². The number of furan rings is 1. The highest BCUT2D eigenvalue weighted by atomic mass is 16.5. The molecule has 0 radical (unpaired) electrons. The summed E-state index contributed by atoms with van der Waals surface area (Å²) in [5.74, 6) is 0.765. The number of carbonyl (C=O) groups excluding carboxylic acids is 1. The molecule has 2 aromatic rings. The van der Waals surface area contributed by atoms with E-state index in [0.29, 0.717) is 23.7 Å². The van der Waals surface area contributed by atoms with E-state index >= 15 is 0 Å². The zero-order valence-corrected chi connectivity index (χ0v) is 11.7. The van der Waals surface area contributed by atoms with Gasteiger partial charge in [0, 0.05) is 12.5 Å². The van der Waals surface area contributed by atoms with Crippen molar-refractivity contribution in [3.05, 3.63) is 35.9 Å². The molecule has 0 fully saturated rings. The average Bonchev–Trinajstić information content (AvgIpc) is 3.09. The van der Waals surface area contributed by atoms with Crippen LogP contribution in [0.15, 0.2) is 27.5 Å². The van der Waals surface area contributed by atoms with E-state index in [9.17, 15) is 4.79 Å². The molecule has 0 saturated heterocycles. The number of likely N-dealkylation sites (N-methyl/N-ethyl adjacent to an activating group) is 1.